The van der Waals surface area contributed by atoms with Gasteiger partial charge in [-0.05, 0) is 30.0 Å². The van der Waals surface area contributed by atoms with Crippen LogP contribution in [0.4, 0.5) is 0 Å². The monoisotopic (exact) mass is 408 g/mol. The molecular formula is C17H20N4O4S2. The van der Waals surface area contributed by atoms with E-state index in [0.29, 0.717) is 36.0 Å². The van der Waals surface area contributed by atoms with E-state index in [1.807, 2.05) is 6.07 Å². The van der Waals surface area contributed by atoms with E-state index in [2.05, 4.69) is 4.98 Å². The number of hydrogen-bond donors (Lipinski definition) is 0. The molecular weight excluding hydrogens is 388 g/mol. The lowest BCUT2D eigenvalue weighted by atomic mass is 10.2. The topological polar surface area (TPSA) is 86.4 Å². The number of pyridine rings is 1. The van der Waals surface area contributed by atoms with Gasteiger partial charge in [0.2, 0.25) is 0 Å². The summed E-state index contributed by atoms with van der Waals surface area (Å²) in [7, 11) is -1.93. The standard InChI is InChI=1S/C17H20N4O4S2/c1-25-10-9-20-14-4-2-7-18-16(14)21(17(20)22)13-6-8-19(12-13)27(23,24)15-5-3-11-26-15/h2-5,7,11,13H,6,8-10,12H2,1H3/t13-/m1/s1. The van der Waals surface area contributed by atoms with Gasteiger partial charge in [-0.2, -0.15) is 4.31 Å². The van der Waals surface area contributed by atoms with Gasteiger partial charge in [-0.15, -0.1) is 11.3 Å². The van der Waals surface area contributed by atoms with Gasteiger partial charge in [-0.3, -0.25) is 9.13 Å². The van der Waals surface area contributed by atoms with Gasteiger partial charge in [-0.1, -0.05) is 6.07 Å². The molecule has 1 atom stereocenters. The van der Waals surface area contributed by atoms with Gasteiger partial charge in [0.05, 0.1) is 24.7 Å². The summed E-state index contributed by atoms with van der Waals surface area (Å²) in [6.07, 6.45) is 2.22. The van der Waals surface area contributed by atoms with Crippen LogP contribution in [-0.4, -0.2) is 53.6 Å². The van der Waals surface area contributed by atoms with Crippen molar-refractivity contribution in [3.05, 3.63) is 46.3 Å². The Labute approximate surface area is 160 Å². The Morgan fingerprint density at radius 2 is 2.19 bits per heavy atom. The molecule has 0 radical (unpaired) electrons. The van der Waals surface area contributed by atoms with Crippen LogP contribution in [0, 0.1) is 0 Å². The average Bonchev–Trinajstić information content (AvgIpc) is 3.39. The summed E-state index contributed by atoms with van der Waals surface area (Å²) in [6.45, 7) is 1.49. The Kier molecular flexibility index (Phi) is 4.89. The summed E-state index contributed by atoms with van der Waals surface area (Å²) in [6, 6.07) is 6.73. The fourth-order valence-electron chi connectivity index (χ4n) is 3.51. The summed E-state index contributed by atoms with van der Waals surface area (Å²) in [5, 5.41) is 1.75. The number of aromatic nitrogens is 3. The molecule has 0 amide bonds. The molecule has 0 N–H and O–H groups in total. The molecule has 8 nitrogen and oxygen atoms in total. The van der Waals surface area contributed by atoms with Gasteiger partial charge >= 0.3 is 5.69 Å². The van der Waals surface area contributed by atoms with Crippen LogP contribution in [0.5, 0.6) is 0 Å². The first-order valence-electron chi connectivity index (χ1n) is 8.62. The van der Waals surface area contributed by atoms with Crippen LogP contribution in [0.1, 0.15) is 12.5 Å². The van der Waals surface area contributed by atoms with Gasteiger partial charge < -0.3 is 4.74 Å². The second-order valence-electron chi connectivity index (χ2n) is 6.38. The van der Waals surface area contributed by atoms with Crippen LogP contribution in [0.2, 0.25) is 0 Å². The second-order valence-corrected chi connectivity index (χ2v) is 9.49. The first-order valence-corrected chi connectivity index (χ1v) is 10.9. The van der Waals surface area contributed by atoms with Gasteiger partial charge in [0.25, 0.3) is 10.0 Å². The fraction of sp³-hybridized carbons (Fsp3) is 0.412. The molecule has 4 rings (SSSR count). The molecule has 1 aliphatic rings. The molecule has 0 saturated carbocycles. The molecule has 0 unspecified atom stereocenters. The molecule has 1 saturated heterocycles. The number of rotatable bonds is 6. The first kappa shape index (κ1) is 18.4. The Hall–Kier alpha value is -2.01. The third-order valence-electron chi connectivity index (χ3n) is 4.82. The molecule has 3 aromatic heterocycles. The number of thiophene rings is 1. The van der Waals surface area contributed by atoms with Crippen molar-refractivity contribution >= 4 is 32.5 Å². The molecule has 0 aromatic carbocycles. The Balaban J connectivity index is 1.70. The van der Waals surface area contributed by atoms with Crippen LogP contribution in [0.25, 0.3) is 11.2 Å². The van der Waals surface area contributed by atoms with E-state index in [4.69, 9.17) is 4.74 Å². The van der Waals surface area contributed by atoms with Crippen molar-refractivity contribution in [2.45, 2.75) is 23.2 Å². The van der Waals surface area contributed by atoms with Crippen molar-refractivity contribution < 1.29 is 13.2 Å². The van der Waals surface area contributed by atoms with E-state index >= 15 is 0 Å². The zero-order valence-electron chi connectivity index (χ0n) is 14.8. The Bertz CT molecular complexity index is 1100. The number of methoxy groups -OCH3 is 1. The third kappa shape index (κ3) is 3.12. The summed E-state index contributed by atoms with van der Waals surface area (Å²) in [4.78, 5) is 17.4. The van der Waals surface area contributed by atoms with Gasteiger partial charge in [0.15, 0.2) is 5.65 Å². The number of ether oxygens (including phenoxy) is 1. The van der Waals surface area contributed by atoms with E-state index in [-0.39, 0.29) is 18.3 Å². The van der Waals surface area contributed by atoms with Gasteiger partial charge in [0.1, 0.15) is 4.21 Å². The van der Waals surface area contributed by atoms with Crippen molar-refractivity contribution in [1.82, 2.24) is 18.4 Å². The smallest absolute Gasteiger partial charge is 0.330 e. The maximum Gasteiger partial charge on any atom is 0.330 e. The lowest BCUT2D eigenvalue weighted by Gasteiger charge is -2.16. The molecule has 0 bridgehead atoms. The molecule has 4 heterocycles. The lowest BCUT2D eigenvalue weighted by Crippen LogP contribution is -2.32. The number of fused-ring (bicyclic) bond motifs is 1. The van der Waals surface area contributed by atoms with E-state index < -0.39 is 10.0 Å². The quantitative estimate of drug-likeness (QED) is 0.618. The third-order valence-corrected chi connectivity index (χ3v) is 8.06. The number of imidazole rings is 1. The highest BCUT2D eigenvalue weighted by Crippen LogP contribution is 2.30. The minimum Gasteiger partial charge on any atom is -0.383 e. The first-order chi connectivity index (χ1) is 13.0. The van der Waals surface area contributed by atoms with Crippen LogP contribution in [-0.2, 0) is 21.3 Å². The van der Waals surface area contributed by atoms with Crippen molar-refractivity contribution in [1.29, 1.82) is 0 Å². The Morgan fingerprint density at radius 1 is 1.33 bits per heavy atom. The molecule has 27 heavy (non-hydrogen) atoms. The van der Waals surface area contributed by atoms with Crippen LogP contribution >= 0.6 is 11.3 Å². The fourth-order valence-corrected chi connectivity index (χ4v) is 6.15. The van der Waals surface area contributed by atoms with Crippen LogP contribution in [0.15, 0.2) is 44.8 Å². The Morgan fingerprint density at radius 3 is 2.93 bits per heavy atom. The lowest BCUT2D eigenvalue weighted by molar-refractivity contribution is 0.187. The van der Waals surface area contributed by atoms with E-state index in [1.165, 1.54) is 15.6 Å². The highest BCUT2D eigenvalue weighted by molar-refractivity contribution is 7.91. The molecule has 10 heteroatoms. The molecule has 1 aliphatic heterocycles. The number of sulfonamides is 1. The van der Waals surface area contributed by atoms with Crippen molar-refractivity contribution in [2.75, 3.05) is 26.8 Å². The summed E-state index contributed by atoms with van der Waals surface area (Å²) >= 11 is 1.20. The summed E-state index contributed by atoms with van der Waals surface area (Å²) in [5.74, 6) is 0. The summed E-state index contributed by atoms with van der Waals surface area (Å²) < 4.78 is 35.7. The molecule has 0 aliphatic carbocycles. The maximum atomic E-state index is 13.0. The number of hydrogen-bond acceptors (Lipinski definition) is 6. The molecule has 3 aromatic rings. The highest BCUT2D eigenvalue weighted by Gasteiger charge is 2.35. The minimum absolute atomic E-state index is 0.180. The van der Waals surface area contributed by atoms with Crippen molar-refractivity contribution in [3.63, 3.8) is 0 Å². The van der Waals surface area contributed by atoms with Crippen molar-refractivity contribution in [3.8, 4) is 0 Å². The SMILES string of the molecule is COCCn1c(=O)n([C@@H]2CCN(S(=O)(=O)c3cccs3)C2)c2ncccc21. The number of nitrogens with zero attached hydrogens (tertiary/aromatic N) is 4. The minimum atomic E-state index is -3.52. The zero-order valence-corrected chi connectivity index (χ0v) is 16.4. The predicted octanol–water partition coefficient (Wildman–Crippen LogP) is 1.54. The zero-order chi connectivity index (χ0) is 19.0. The van der Waals surface area contributed by atoms with Gasteiger partial charge in [0, 0.05) is 26.4 Å². The molecule has 144 valence electrons. The van der Waals surface area contributed by atoms with Crippen LogP contribution < -0.4 is 5.69 Å². The second kappa shape index (κ2) is 7.19. The maximum absolute atomic E-state index is 13.0. The van der Waals surface area contributed by atoms with E-state index in [9.17, 15) is 13.2 Å². The van der Waals surface area contributed by atoms with E-state index in [1.54, 1.807) is 46.0 Å². The molecule has 1 fully saturated rings. The van der Waals surface area contributed by atoms with E-state index in [0.717, 1.165) is 5.52 Å². The normalized spacial score (nSPS) is 18.5. The molecule has 0 spiro atoms. The largest absolute Gasteiger partial charge is 0.383 e. The highest BCUT2D eigenvalue weighted by atomic mass is 32.2. The van der Waals surface area contributed by atoms with Crippen molar-refractivity contribution in [2.24, 2.45) is 0 Å². The average molecular weight is 409 g/mol. The predicted molar refractivity (Wildman–Crippen MR) is 103 cm³/mol. The van der Waals surface area contributed by atoms with Gasteiger partial charge in [-0.25, -0.2) is 18.2 Å². The summed E-state index contributed by atoms with van der Waals surface area (Å²) in [5.41, 5.74) is 1.14. The van der Waals surface area contributed by atoms with Crippen LogP contribution in [0.3, 0.4) is 0 Å².